The summed E-state index contributed by atoms with van der Waals surface area (Å²) in [7, 11) is 1.78. The third kappa shape index (κ3) is 2.11. The van der Waals surface area contributed by atoms with Gasteiger partial charge in [0.2, 0.25) is 5.89 Å². The Morgan fingerprint density at radius 2 is 2.38 bits per heavy atom. The van der Waals surface area contributed by atoms with Gasteiger partial charge in [0, 0.05) is 19.7 Å². The number of aliphatic hydroxyl groups excluding tert-OH is 1. The quantitative estimate of drug-likeness (QED) is 0.821. The van der Waals surface area contributed by atoms with Crippen LogP contribution in [-0.4, -0.2) is 25.0 Å². The first-order valence-electron chi connectivity index (χ1n) is 5.18. The molecule has 1 N–H and O–H groups in total. The lowest BCUT2D eigenvalue weighted by Gasteiger charge is -2.07. The summed E-state index contributed by atoms with van der Waals surface area (Å²) in [6.07, 6.45) is 2.01. The van der Waals surface area contributed by atoms with Crippen molar-refractivity contribution in [3.8, 4) is 0 Å². The van der Waals surface area contributed by atoms with Gasteiger partial charge >= 0.3 is 0 Å². The summed E-state index contributed by atoms with van der Waals surface area (Å²) in [5.41, 5.74) is 0.733. The first kappa shape index (κ1) is 10.8. The Hall–Kier alpha value is -1.69. The maximum Gasteiger partial charge on any atom is 0.229 e. The first-order valence-corrected chi connectivity index (χ1v) is 5.18. The van der Waals surface area contributed by atoms with Crippen LogP contribution in [0.4, 0.5) is 0 Å². The lowest BCUT2D eigenvalue weighted by Crippen LogP contribution is -2.08. The summed E-state index contributed by atoms with van der Waals surface area (Å²) in [5.74, 6) is 1.11. The molecule has 0 bridgehead atoms. The summed E-state index contributed by atoms with van der Waals surface area (Å²) in [6, 6.07) is 1.77. The molecule has 6 nitrogen and oxygen atoms in total. The second-order valence-corrected chi connectivity index (χ2v) is 3.56. The highest BCUT2D eigenvalue weighted by atomic mass is 16.5. The van der Waals surface area contributed by atoms with E-state index in [1.54, 1.807) is 24.0 Å². The minimum Gasteiger partial charge on any atom is -0.386 e. The van der Waals surface area contributed by atoms with Crippen LogP contribution in [-0.2, 0) is 19.9 Å². The van der Waals surface area contributed by atoms with Gasteiger partial charge in [0.05, 0.1) is 12.1 Å². The fourth-order valence-electron chi connectivity index (χ4n) is 1.50. The highest BCUT2D eigenvalue weighted by molar-refractivity contribution is 5.06. The van der Waals surface area contributed by atoms with Gasteiger partial charge in [-0.3, -0.25) is 4.68 Å². The van der Waals surface area contributed by atoms with Crippen molar-refractivity contribution in [1.29, 1.82) is 0 Å². The van der Waals surface area contributed by atoms with Crippen molar-refractivity contribution >= 4 is 0 Å². The van der Waals surface area contributed by atoms with E-state index in [1.165, 1.54) is 0 Å². The SMILES string of the molecule is CCc1noc(CC(O)c2ccnn2C)n1. The maximum absolute atomic E-state index is 9.94. The third-order valence-corrected chi connectivity index (χ3v) is 2.39. The molecule has 86 valence electrons. The summed E-state index contributed by atoms with van der Waals surface area (Å²) in [6.45, 7) is 1.95. The number of aryl methyl sites for hydroxylation is 2. The Labute approximate surface area is 92.9 Å². The molecule has 2 aromatic heterocycles. The lowest BCUT2D eigenvalue weighted by molar-refractivity contribution is 0.155. The molecule has 2 heterocycles. The average molecular weight is 222 g/mol. The maximum atomic E-state index is 9.94. The van der Waals surface area contributed by atoms with Crippen LogP contribution in [0.1, 0.15) is 30.4 Å². The second kappa shape index (κ2) is 4.44. The van der Waals surface area contributed by atoms with E-state index in [0.717, 1.165) is 12.1 Å². The molecule has 6 heteroatoms. The molecule has 0 saturated heterocycles. The summed E-state index contributed by atoms with van der Waals surface area (Å²) in [5, 5.41) is 17.7. The van der Waals surface area contributed by atoms with Gasteiger partial charge in [0.1, 0.15) is 6.10 Å². The standard InChI is InChI=1S/C10H14N4O2/c1-3-9-12-10(16-13-9)6-8(15)7-4-5-11-14(7)2/h4-5,8,15H,3,6H2,1-2H3. The predicted molar refractivity (Wildman–Crippen MR) is 55.5 cm³/mol. The van der Waals surface area contributed by atoms with Crippen molar-refractivity contribution in [1.82, 2.24) is 19.9 Å². The van der Waals surface area contributed by atoms with Crippen molar-refractivity contribution in [2.24, 2.45) is 7.05 Å². The summed E-state index contributed by atoms with van der Waals surface area (Å²) < 4.78 is 6.64. The van der Waals surface area contributed by atoms with Crippen LogP contribution < -0.4 is 0 Å². The van der Waals surface area contributed by atoms with Gasteiger partial charge in [-0.15, -0.1) is 0 Å². The number of aliphatic hydroxyl groups is 1. The van der Waals surface area contributed by atoms with Gasteiger partial charge in [0.15, 0.2) is 5.82 Å². The Morgan fingerprint density at radius 1 is 1.56 bits per heavy atom. The van der Waals surface area contributed by atoms with E-state index in [4.69, 9.17) is 4.52 Å². The van der Waals surface area contributed by atoms with E-state index in [2.05, 4.69) is 15.2 Å². The zero-order valence-corrected chi connectivity index (χ0v) is 9.29. The van der Waals surface area contributed by atoms with Crippen LogP contribution in [0.2, 0.25) is 0 Å². The first-order chi connectivity index (χ1) is 7.70. The fourth-order valence-corrected chi connectivity index (χ4v) is 1.50. The molecule has 0 aliphatic carbocycles. The van der Waals surface area contributed by atoms with E-state index >= 15 is 0 Å². The largest absolute Gasteiger partial charge is 0.386 e. The lowest BCUT2D eigenvalue weighted by atomic mass is 10.2. The monoisotopic (exact) mass is 222 g/mol. The van der Waals surface area contributed by atoms with E-state index in [-0.39, 0.29) is 0 Å². The van der Waals surface area contributed by atoms with Crippen LogP contribution in [0.5, 0.6) is 0 Å². The molecule has 0 spiro atoms. The topological polar surface area (TPSA) is 77.0 Å². The van der Waals surface area contributed by atoms with E-state index < -0.39 is 6.10 Å². The van der Waals surface area contributed by atoms with Crippen LogP contribution in [0.25, 0.3) is 0 Å². The van der Waals surface area contributed by atoms with Crippen molar-refractivity contribution in [2.75, 3.05) is 0 Å². The molecule has 0 saturated carbocycles. The van der Waals surface area contributed by atoms with Crippen molar-refractivity contribution in [3.05, 3.63) is 29.7 Å². The highest BCUT2D eigenvalue weighted by Crippen LogP contribution is 2.16. The van der Waals surface area contributed by atoms with E-state index in [1.807, 2.05) is 6.92 Å². The molecule has 1 unspecified atom stereocenters. The van der Waals surface area contributed by atoms with Crippen molar-refractivity contribution < 1.29 is 9.63 Å². The highest BCUT2D eigenvalue weighted by Gasteiger charge is 2.16. The Kier molecular flexibility index (Phi) is 3.00. The molecule has 16 heavy (non-hydrogen) atoms. The molecule has 0 aromatic carbocycles. The van der Waals surface area contributed by atoms with Crippen LogP contribution in [0.3, 0.4) is 0 Å². The van der Waals surface area contributed by atoms with Gasteiger partial charge < -0.3 is 9.63 Å². The van der Waals surface area contributed by atoms with Gasteiger partial charge in [-0.1, -0.05) is 12.1 Å². The molecule has 0 radical (unpaired) electrons. The molecule has 2 rings (SSSR count). The fraction of sp³-hybridized carbons (Fsp3) is 0.500. The molecule has 2 aromatic rings. The Morgan fingerprint density at radius 3 is 2.94 bits per heavy atom. The Bertz CT molecular complexity index is 463. The third-order valence-electron chi connectivity index (χ3n) is 2.39. The van der Waals surface area contributed by atoms with Gasteiger partial charge in [0.25, 0.3) is 0 Å². The van der Waals surface area contributed by atoms with Gasteiger partial charge in [-0.25, -0.2) is 0 Å². The number of hydrogen-bond donors (Lipinski definition) is 1. The average Bonchev–Trinajstić information content (AvgIpc) is 2.86. The number of hydrogen-bond acceptors (Lipinski definition) is 5. The van der Waals surface area contributed by atoms with Crippen LogP contribution in [0, 0.1) is 0 Å². The second-order valence-electron chi connectivity index (χ2n) is 3.56. The molecular weight excluding hydrogens is 208 g/mol. The minimum atomic E-state index is -0.669. The van der Waals surface area contributed by atoms with Crippen molar-refractivity contribution in [2.45, 2.75) is 25.9 Å². The smallest absolute Gasteiger partial charge is 0.229 e. The summed E-state index contributed by atoms with van der Waals surface area (Å²) >= 11 is 0. The summed E-state index contributed by atoms with van der Waals surface area (Å²) in [4.78, 5) is 4.14. The Balaban J connectivity index is 2.07. The van der Waals surface area contributed by atoms with Crippen LogP contribution >= 0.6 is 0 Å². The minimum absolute atomic E-state index is 0.312. The number of aromatic nitrogens is 4. The molecule has 0 aliphatic rings. The number of nitrogens with zero attached hydrogens (tertiary/aromatic N) is 4. The van der Waals surface area contributed by atoms with Crippen LogP contribution in [0.15, 0.2) is 16.8 Å². The number of rotatable bonds is 4. The molecule has 0 fully saturated rings. The molecule has 0 amide bonds. The predicted octanol–water partition coefficient (Wildman–Crippen LogP) is 0.642. The van der Waals surface area contributed by atoms with E-state index in [0.29, 0.717) is 18.1 Å². The van der Waals surface area contributed by atoms with Gasteiger partial charge in [-0.2, -0.15) is 10.1 Å². The molecule has 0 aliphatic heterocycles. The van der Waals surface area contributed by atoms with Crippen molar-refractivity contribution in [3.63, 3.8) is 0 Å². The molecular formula is C10H14N4O2. The molecule has 1 atom stereocenters. The normalized spacial score (nSPS) is 12.9. The van der Waals surface area contributed by atoms with E-state index in [9.17, 15) is 5.11 Å². The zero-order valence-electron chi connectivity index (χ0n) is 9.29. The van der Waals surface area contributed by atoms with Gasteiger partial charge in [-0.05, 0) is 6.07 Å². The zero-order chi connectivity index (χ0) is 11.5.